The second-order valence-electron chi connectivity index (χ2n) is 9.96. The zero-order valence-corrected chi connectivity index (χ0v) is 24.5. The van der Waals surface area contributed by atoms with Gasteiger partial charge in [-0.1, -0.05) is 42.0 Å². The molecule has 3 heterocycles. The van der Waals surface area contributed by atoms with Crippen LogP contribution in [0.3, 0.4) is 0 Å². The summed E-state index contributed by atoms with van der Waals surface area (Å²) in [6.07, 6.45) is 0. The molecule has 10 heteroatoms. The first kappa shape index (κ1) is 28.0. The lowest BCUT2D eigenvalue weighted by atomic mass is 9.96. The molecule has 0 atom stereocenters. The van der Waals surface area contributed by atoms with E-state index in [0.29, 0.717) is 43.8 Å². The molecule has 0 radical (unpaired) electrons. The van der Waals surface area contributed by atoms with Gasteiger partial charge in [0.05, 0.1) is 16.1 Å². The summed E-state index contributed by atoms with van der Waals surface area (Å²) in [5, 5.41) is 21.4. The number of fused-ring (bicyclic) bond motifs is 1. The summed E-state index contributed by atoms with van der Waals surface area (Å²) in [5.74, 6) is -1.69. The molecule has 6 rings (SSSR count). The van der Waals surface area contributed by atoms with Gasteiger partial charge in [-0.25, -0.2) is 26.6 Å². The van der Waals surface area contributed by atoms with Gasteiger partial charge >= 0.3 is 5.97 Å². The number of nitriles is 1. The first-order valence-electron chi connectivity index (χ1n) is 13.1. The Bertz CT molecular complexity index is 2230. The summed E-state index contributed by atoms with van der Waals surface area (Å²) in [4.78, 5) is 16.1. The number of aromatic carboxylic acids is 1. The second-order valence-corrected chi connectivity index (χ2v) is 12.7. The van der Waals surface area contributed by atoms with Gasteiger partial charge in [0.15, 0.2) is 0 Å². The lowest BCUT2D eigenvalue weighted by Crippen LogP contribution is -2.14. The minimum absolute atomic E-state index is 0.0541. The molecule has 0 aliphatic carbocycles. The number of aryl methyl sites for hydroxylation is 2. The molecular formula is C33H22FN3O4S2. The fourth-order valence-electron chi connectivity index (χ4n) is 5.25. The molecule has 0 spiro atoms. The molecule has 1 N–H and O–H groups in total. The molecule has 6 aromatic rings. The molecule has 0 aliphatic rings. The highest BCUT2D eigenvalue weighted by atomic mass is 32.2. The van der Waals surface area contributed by atoms with Crippen molar-refractivity contribution in [2.75, 3.05) is 0 Å². The van der Waals surface area contributed by atoms with Gasteiger partial charge in [-0.15, -0.1) is 11.3 Å². The van der Waals surface area contributed by atoms with E-state index in [9.17, 15) is 28.0 Å². The molecule has 3 aromatic carbocycles. The van der Waals surface area contributed by atoms with Crippen LogP contribution in [0.5, 0.6) is 0 Å². The molecule has 0 aliphatic heterocycles. The van der Waals surface area contributed by atoms with Gasteiger partial charge in [0, 0.05) is 33.3 Å². The van der Waals surface area contributed by atoms with E-state index in [4.69, 9.17) is 0 Å². The summed E-state index contributed by atoms with van der Waals surface area (Å²) >= 11 is 1.21. The maximum absolute atomic E-state index is 14.8. The maximum Gasteiger partial charge on any atom is 0.354 e. The zero-order valence-electron chi connectivity index (χ0n) is 22.9. The van der Waals surface area contributed by atoms with Crippen LogP contribution in [-0.2, 0) is 10.0 Å². The van der Waals surface area contributed by atoms with Crippen molar-refractivity contribution in [2.24, 2.45) is 0 Å². The average Bonchev–Trinajstić information content (AvgIpc) is 3.59. The van der Waals surface area contributed by atoms with Gasteiger partial charge < -0.3 is 5.11 Å². The number of carboxylic acids is 1. The summed E-state index contributed by atoms with van der Waals surface area (Å²) in [6.45, 7) is 3.56. The summed E-state index contributed by atoms with van der Waals surface area (Å²) in [6, 6.07) is 24.5. The number of rotatable bonds is 6. The quantitative estimate of drug-likeness (QED) is 0.208. The number of aromatic nitrogens is 2. The van der Waals surface area contributed by atoms with Gasteiger partial charge in [-0.05, 0) is 73.3 Å². The highest BCUT2D eigenvalue weighted by molar-refractivity contribution is 7.90. The van der Waals surface area contributed by atoms with Crippen molar-refractivity contribution in [1.82, 2.24) is 8.96 Å². The van der Waals surface area contributed by atoms with Crippen LogP contribution >= 0.6 is 11.3 Å². The lowest BCUT2D eigenvalue weighted by Gasteiger charge is -2.15. The Hall–Kier alpha value is -5.11. The molecule has 0 saturated carbocycles. The second kappa shape index (κ2) is 10.6. The first-order valence-corrected chi connectivity index (χ1v) is 15.4. The standard InChI is InChI=1S/C33H22FN3O4S2/c1-19-6-9-24(10-7-19)43(40,41)37-29-13-8-23(34)17-27(29)31(26-14-15-42-30(26)18-35)32(37)22-5-3-4-21(16-22)25-11-12-28(33(38)39)36-20(25)2/h3-17H,1-2H3,(H,38,39). The van der Waals surface area contributed by atoms with Crippen molar-refractivity contribution >= 4 is 38.2 Å². The van der Waals surface area contributed by atoms with E-state index in [1.165, 1.54) is 51.7 Å². The highest BCUT2D eigenvalue weighted by Gasteiger charge is 2.30. The van der Waals surface area contributed by atoms with Crippen LogP contribution in [0, 0.1) is 31.0 Å². The number of pyridine rings is 1. The van der Waals surface area contributed by atoms with Crippen molar-refractivity contribution in [3.05, 3.63) is 118 Å². The van der Waals surface area contributed by atoms with Crippen LogP contribution in [0.25, 0.3) is 44.4 Å². The zero-order chi connectivity index (χ0) is 30.5. The number of carbonyl (C=O) groups is 1. The minimum Gasteiger partial charge on any atom is -0.477 e. The predicted octanol–water partition coefficient (Wildman–Crippen LogP) is 7.66. The van der Waals surface area contributed by atoms with E-state index in [1.807, 2.05) is 13.0 Å². The number of hydrogen-bond acceptors (Lipinski definition) is 6. The molecular weight excluding hydrogens is 586 g/mol. The third-order valence-corrected chi connectivity index (χ3v) is 9.78. The summed E-state index contributed by atoms with van der Waals surface area (Å²) in [5.41, 5.74) is 4.55. The van der Waals surface area contributed by atoms with Crippen LogP contribution in [0.2, 0.25) is 0 Å². The van der Waals surface area contributed by atoms with Crippen molar-refractivity contribution in [2.45, 2.75) is 18.7 Å². The highest BCUT2D eigenvalue weighted by Crippen LogP contribution is 2.45. The minimum atomic E-state index is -4.23. The van der Waals surface area contributed by atoms with Crippen molar-refractivity contribution in [3.63, 3.8) is 0 Å². The van der Waals surface area contributed by atoms with Gasteiger partial charge in [0.1, 0.15) is 22.5 Å². The lowest BCUT2D eigenvalue weighted by molar-refractivity contribution is 0.0690. The molecule has 0 unspecified atom stereocenters. The Kier molecular flexibility index (Phi) is 6.92. The Morgan fingerprint density at radius 3 is 2.40 bits per heavy atom. The maximum atomic E-state index is 14.8. The van der Waals surface area contributed by atoms with E-state index >= 15 is 0 Å². The number of benzene rings is 3. The Labute approximate surface area is 250 Å². The fraction of sp³-hybridized carbons (Fsp3) is 0.0606. The van der Waals surface area contributed by atoms with Crippen LogP contribution in [-0.4, -0.2) is 28.5 Å². The van der Waals surface area contributed by atoms with E-state index in [1.54, 1.807) is 54.8 Å². The molecule has 0 saturated heterocycles. The molecule has 0 bridgehead atoms. The van der Waals surface area contributed by atoms with Crippen LogP contribution in [0.15, 0.2) is 95.2 Å². The third-order valence-electron chi connectivity index (χ3n) is 7.23. The number of nitrogens with zero attached hydrogens (tertiary/aromatic N) is 3. The SMILES string of the molecule is Cc1ccc(S(=O)(=O)n2c(-c3cccc(-c4ccc(C(=O)O)nc4C)c3)c(-c3ccsc3C#N)c3cc(F)ccc32)cc1. The molecule has 43 heavy (non-hydrogen) atoms. The van der Waals surface area contributed by atoms with E-state index in [0.717, 1.165) is 5.56 Å². The van der Waals surface area contributed by atoms with Gasteiger partial charge in [-0.3, -0.25) is 0 Å². The van der Waals surface area contributed by atoms with E-state index in [2.05, 4.69) is 11.1 Å². The summed E-state index contributed by atoms with van der Waals surface area (Å²) in [7, 11) is -4.23. The van der Waals surface area contributed by atoms with Gasteiger partial charge in [0.2, 0.25) is 0 Å². The Morgan fingerprint density at radius 1 is 0.953 bits per heavy atom. The average molecular weight is 608 g/mol. The predicted molar refractivity (Wildman–Crippen MR) is 164 cm³/mol. The molecule has 3 aromatic heterocycles. The number of hydrogen-bond donors (Lipinski definition) is 1. The smallest absolute Gasteiger partial charge is 0.354 e. The monoisotopic (exact) mass is 607 g/mol. The largest absolute Gasteiger partial charge is 0.477 e. The Balaban J connectivity index is 1.72. The van der Waals surface area contributed by atoms with Crippen LogP contribution in [0.1, 0.15) is 26.6 Å². The molecule has 7 nitrogen and oxygen atoms in total. The Morgan fingerprint density at radius 2 is 1.70 bits per heavy atom. The van der Waals surface area contributed by atoms with E-state index in [-0.39, 0.29) is 21.8 Å². The van der Waals surface area contributed by atoms with E-state index < -0.39 is 21.8 Å². The summed E-state index contributed by atoms with van der Waals surface area (Å²) < 4.78 is 44.9. The topological polar surface area (TPSA) is 113 Å². The van der Waals surface area contributed by atoms with Gasteiger partial charge in [-0.2, -0.15) is 5.26 Å². The van der Waals surface area contributed by atoms with Crippen LogP contribution < -0.4 is 0 Å². The number of thiophene rings is 1. The third kappa shape index (κ3) is 4.78. The van der Waals surface area contributed by atoms with Crippen molar-refractivity contribution < 1.29 is 22.7 Å². The van der Waals surface area contributed by atoms with Gasteiger partial charge in [0.25, 0.3) is 10.0 Å². The number of carboxylic acid groups (broad SMARTS) is 1. The van der Waals surface area contributed by atoms with Crippen molar-refractivity contribution in [3.8, 4) is 39.6 Å². The van der Waals surface area contributed by atoms with Crippen molar-refractivity contribution in [1.29, 1.82) is 5.26 Å². The normalized spacial score (nSPS) is 11.5. The molecule has 212 valence electrons. The fourth-order valence-corrected chi connectivity index (χ4v) is 7.48. The molecule has 0 fully saturated rings. The number of halogens is 1. The first-order chi connectivity index (χ1) is 20.6. The van der Waals surface area contributed by atoms with Crippen LogP contribution in [0.4, 0.5) is 4.39 Å². The molecule has 0 amide bonds.